The molecule has 0 amide bonds. The van der Waals surface area contributed by atoms with Crippen molar-refractivity contribution in [1.29, 1.82) is 0 Å². The van der Waals surface area contributed by atoms with Crippen LogP contribution >= 0.6 is 27.3 Å². The Bertz CT molecular complexity index is 821. The number of sulfonamides is 1. The molecular formula is C14H10BrNO2S2. The second-order valence-electron chi connectivity index (χ2n) is 4.21. The molecule has 3 rings (SSSR count). The van der Waals surface area contributed by atoms with E-state index in [9.17, 15) is 8.42 Å². The van der Waals surface area contributed by atoms with Crippen LogP contribution in [-0.2, 0) is 10.0 Å². The second kappa shape index (κ2) is 5.20. The number of fused-ring (bicyclic) bond motifs is 1. The number of thiophene rings is 1. The maximum absolute atomic E-state index is 12.3. The second-order valence-corrected chi connectivity index (χ2v) is 7.89. The fourth-order valence-corrected chi connectivity index (χ4v) is 4.35. The summed E-state index contributed by atoms with van der Waals surface area (Å²) in [5, 5.41) is 1.65. The Balaban J connectivity index is 1.94. The molecule has 3 aromatic rings. The molecule has 0 atom stereocenters. The molecule has 0 spiro atoms. The predicted octanol–water partition coefficient (Wildman–Crippen LogP) is 4.46. The lowest BCUT2D eigenvalue weighted by Crippen LogP contribution is -2.11. The monoisotopic (exact) mass is 367 g/mol. The maximum atomic E-state index is 12.3. The van der Waals surface area contributed by atoms with Crippen LogP contribution in [0.25, 0.3) is 10.1 Å². The highest BCUT2D eigenvalue weighted by Crippen LogP contribution is 2.31. The Hall–Kier alpha value is -1.37. The number of halogens is 1. The molecule has 6 heteroatoms. The lowest BCUT2D eigenvalue weighted by molar-refractivity contribution is 0.601. The van der Waals surface area contributed by atoms with E-state index in [0.717, 1.165) is 14.6 Å². The summed E-state index contributed by atoms with van der Waals surface area (Å²) in [4.78, 5) is 0.248. The zero-order valence-corrected chi connectivity index (χ0v) is 13.4. The molecule has 0 radical (unpaired) electrons. The van der Waals surface area contributed by atoms with Gasteiger partial charge in [0.1, 0.15) is 5.00 Å². The summed E-state index contributed by atoms with van der Waals surface area (Å²) >= 11 is 4.71. The van der Waals surface area contributed by atoms with E-state index >= 15 is 0 Å². The number of hydrogen-bond acceptors (Lipinski definition) is 3. The summed E-state index contributed by atoms with van der Waals surface area (Å²) in [6.07, 6.45) is 0. The maximum Gasteiger partial charge on any atom is 0.262 e. The van der Waals surface area contributed by atoms with E-state index in [-0.39, 0.29) is 4.90 Å². The van der Waals surface area contributed by atoms with Gasteiger partial charge in [-0.1, -0.05) is 34.1 Å². The van der Waals surface area contributed by atoms with Gasteiger partial charge in [0.25, 0.3) is 10.0 Å². The van der Waals surface area contributed by atoms with Crippen molar-refractivity contribution in [3.05, 3.63) is 59.1 Å². The topological polar surface area (TPSA) is 46.2 Å². The largest absolute Gasteiger partial charge is 0.270 e. The van der Waals surface area contributed by atoms with Crippen molar-refractivity contribution in [2.24, 2.45) is 0 Å². The van der Waals surface area contributed by atoms with Gasteiger partial charge >= 0.3 is 0 Å². The van der Waals surface area contributed by atoms with Gasteiger partial charge in [-0.2, -0.15) is 0 Å². The number of anilines is 1. The van der Waals surface area contributed by atoms with E-state index in [1.165, 1.54) is 11.3 Å². The van der Waals surface area contributed by atoms with E-state index < -0.39 is 10.0 Å². The smallest absolute Gasteiger partial charge is 0.262 e. The van der Waals surface area contributed by atoms with Gasteiger partial charge in [-0.3, -0.25) is 4.72 Å². The summed E-state index contributed by atoms with van der Waals surface area (Å²) in [5.41, 5.74) is 0. The fraction of sp³-hybridized carbons (Fsp3) is 0. The van der Waals surface area contributed by atoms with Gasteiger partial charge in [0.15, 0.2) is 0 Å². The van der Waals surface area contributed by atoms with Gasteiger partial charge in [-0.25, -0.2) is 8.42 Å². The number of rotatable bonds is 3. The van der Waals surface area contributed by atoms with E-state index in [1.54, 1.807) is 24.3 Å². The van der Waals surface area contributed by atoms with Crippen LogP contribution in [0.1, 0.15) is 0 Å². The first kappa shape index (κ1) is 13.6. The van der Waals surface area contributed by atoms with Crippen LogP contribution in [-0.4, -0.2) is 8.42 Å². The van der Waals surface area contributed by atoms with Gasteiger partial charge in [0, 0.05) is 9.17 Å². The Morgan fingerprint density at radius 2 is 1.70 bits per heavy atom. The van der Waals surface area contributed by atoms with E-state index in [4.69, 9.17) is 0 Å². The molecular weight excluding hydrogens is 358 g/mol. The van der Waals surface area contributed by atoms with Crippen LogP contribution in [0, 0.1) is 0 Å². The lowest BCUT2D eigenvalue weighted by atomic mass is 10.3. The first-order valence-electron chi connectivity index (χ1n) is 5.81. The van der Waals surface area contributed by atoms with Crippen molar-refractivity contribution in [1.82, 2.24) is 0 Å². The molecule has 0 saturated heterocycles. The molecule has 1 heterocycles. The van der Waals surface area contributed by atoms with Crippen molar-refractivity contribution in [3.63, 3.8) is 0 Å². The third-order valence-electron chi connectivity index (χ3n) is 2.78. The van der Waals surface area contributed by atoms with Crippen LogP contribution in [0.15, 0.2) is 64.0 Å². The molecule has 0 unspecified atom stereocenters. The summed E-state index contributed by atoms with van der Waals surface area (Å²) in [6, 6.07) is 16.2. The zero-order valence-electron chi connectivity index (χ0n) is 10.2. The third kappa shape index (κ3) is 2.72. The van der Waals surface area contributed by atoms with Gasteiger partial charge in [0.05, 0.1) is 4.90 Å². The normalized spacial score (nSPS) is 11.7. The number of hydrogen-bond donors (Lipinski definition) is 1. The van der Waals surface area contributed by atoms with Crippen LogP contribution in [0.2, 0.25) is 0 Å². The van der Waals surface area contributed by atoms with Crippen molar-refractivity contribution < 1.29 is 8.42 Å². The van der Waals surface area contributed by atoms with Crippen molar-refractivity contribution in [3.8, 4) is 0 Å². The van der Waals surface area contributed by atoms with Gasteiger partial charge in [0.2, 0.25) is 0 Å². The zero-order chi connectivity index (χ0) is 14.2. The Labute approximate surface area is 129 Å². The van der Waals surface area contributed by atoms with Gasteiger partial charge in [-0.15, -0.1) is 11.3 Å². The first-order chi connectivity index (χ1) is 9.54. The van der Waals surface area contributed by atoms with Crippen LogP contribution in [0.4, 0.5) is 5.00 Å². The summed E-state index contributed by atoms with van der Waals surface area (Å²) < 4.78 is 29.1. The van der Waals surface area contributed by atoms with Crippen LogP contribution in [0.3, 0.4) is 0 Å². The van der Waals surface area contributed by atoms with E-state index in [2.05, 4.69) is 20.7 Å². The molecule has 1 aromatic heterocycles. The molecule has 3 nitrogen and oxygen atoms in total. The molecule has 1 N–H and O–H groups in total. The molecule has 0 aliphatic carbocycles. The average Bonchev–Trinajstić information content (AvgIpc) is 2.80. The standard InChI is InChI=1S/C14H10BrNO2S2/c15-11-5-7-12(8-6-11)20(17,18)16-14-9-10-3-1-2-4-13(10)19-14/h1-9,16H. The van der Waals surface area contributed by atoms with Gasteiger partial charge in [-0.05, 0) is 41.8 Å². The van der Waals surface area contributed by atoms with E-state index in [0.29, 0.717) is 5.00 Å². The van der Waals surface area contributed by atoms with Crippen molar-refractivity contribution in [2.45, 2.75) is 4.90 Å². The summed E-state index contributed by atoms with van der Waals surface area (Å²) in [5.74, 6) is 0. The van der Waals surface area contributed by atoms with Crippen LogP contribution < -0.4 is 4.72 Å². The molecule has 0 saturated carbocycles. The first-order valence-corrected chi connectivity index (χ1v) is 8.91. The SMILES string of the molecule is O=S(=O)(Nc1cc2ccccc2s1)c1ccc(Br)cc1. The number of nitrogens with one attached hydrogen (secondary N) is 1. The van der Waals surface area contributed by atoms with Crippen molar-refractivity contribution in [2.75, 3.05) is 4.72 Å². The number of benzene rings is 2. The minimum absolute atomic E-state index is 0.248. The third-order valence-corrected chi connectivity index (χ3v) is 5.86. The molecule has 0 bridgehead atoms. The van der Waals surface area contributed by atoms with Crippen LogP contribution in [0.5, 0.6) is 0 Å². The molecule has 20 heavy (non-hydrogen) atoms. The van der Waals surface area contributed by atoms with E-state index in [1.807, 2.05) is 30.3 Å². The average molecular weight is 368 g/mol. The highest BCUT2D eigenvalue weighted by molar-refractivity contribution is 9.10. The van der Waals surface area contributed by atoms with Gasteiger partial charge < -0.3 is 0 Å². The highest BCUT2D eigenvalue weighted by atomic mass is 79.9. The fourth-order valence-electron chi connectivity index (χ4n) is 1.84. The predicted molar refractivity (Wildman–Crippen MR) is 86.8 cm³/mol. The molecule has 0 fully saturated rings. The Kier molecular flexibility index (Phi) is 3.54. The molecule has 2 aromatic carbocycles. The molecule has 0 aliphatic rings. The highest BCUT2D eigenvalue weighted by Gasteiger charge is 2.15. The Morgan fingerprint density at radius 1 is 1.00 bits per heavy atom. The quantitative estimate of drug-likeness (QED) is 0.742. The summed E-state index contributed by atoms with van der Waals surface area (Å²) in [6.45, 7) is 0. The molecule has 0 aliphatic heterocycles. The summed E-state index contributed by atoms with van der Waals surface area (Å²) in [7, 11) is -3.54. The van der Waals surface area contributed by atoms with Crippen molar-refractivity contribution >= 4 is 52.4 Å². The minimum atomic E-state index is -3.54. The Morgan fingerprint density at radius 3 is 2.40 bits per heavy atom. The lowest BCUT2D eigenvalue weighted by Gasteiger charge is -2.05. The molecule has 102 valence electrons. The minimum Gasteiger partial charge on any atom is -0.270 e.